The quantitative estimate of drug-likeness (QED) is 0.936. The molecule has 1 heterocycles. The molecule has 0 aliphatic heterocycles. The smallest absolute Gasteiger partial charge is 0.274 e. The van der Waals surface area contributed by atoms with Gasteiger partial charge in [0.15, 0.2) is 5.69 Å². The van der Waals surface area contributed by atoms with Crippen molar-refractivity contribution in [2.24, 2.45) is 0 Å². The van der Waals surface area contributed by atoms with Crippen LogP contribution >= 0.6 is 0 Å². The summed E-state index contributed by atoms with van der Waals surface area (Å²) in [5.41, 5.74) is 7.49. The molecule has 110 valence electrons. The van der Waals surface area contributed by atoms with Crippen LogP contribution in [0.5, 0.6) is 0 Å². The van der Waals surface area contributed by atoms with Crippen molar-refractivity contribution in [2.45, 2.75) is 26.3 Å². The molecule has 1 amide bonds. The molecule has 0 unspecified atom stereocenters. The van der Waals surface area contributed by atoms with Gasteiger partial charge in [0.2, 0.25) is 0 Å². The first-order valence-corrected chi connectivity index (χ1v) is 6.91. The van der Waals surface area contributed by atoms with E-state index in [0.717, 1.165) is 5.56 Å². The van der Waals surface area contributed by atoms with Gasteiger partial charge in [-0.15, -0.1) is 0 Å². The van der Waals surface area contributed by atoms with E-state index in [9.17, 15) is 4.79 Å². The molecule has 0 aliphatic carbocycles. The predicted molar refractivity (Wildman–Crippen MR) is 82.8 cm³/mol. The second-order valence-corrected chi connectivity index (χ2v) is 5.33. The highest BCUT2D eigenvalue weighted by atomic mass is 16.2. The van der Waals surface area contributed by atoms with Gasteiger partial charge in [-0.1, -0.05) is 44.2 Å². The Hall–Kier alpha value is -2.43. The van der Waals surface area contributed by atoms with Crippen molar-refractivity contribution in [3.63, 3.8) is 0 Å². The lowest BCUT2D eigenvalue weighted by atomic mass is 10.2. The maximum Gasteiger partial charge on any atom is 0.274 e. The first-order valence-electron chi connectivity index (χ1n) is 6.91. The van der Waals surface area contributed by atoms with E-state index in [0.29, 0.717) is 18.1 Å². The highest BCUT2D eigenvalue weighted by Gasteiger charge is 2.18. The summed E-state index contributed by atoms with van der Waals surface area (Å²) in [7, 11) is 1.74. The molecule has 21 heavy (non-hydrogen) atoms. The van der Waals surface area contributed by atoms with Crippen LogP contribution in [0, 0.1) is 0 Å². The molecule has 0 saturated carbocycles. The Morgan fingerprint density at radius 2 is 1.95 bits per heavy atom. The molecule has 0 radical (unpaired) electrons. The van der Waals surface area contributed by atoms with Crippen LogP contribution < -0.4 is 5.73 Å². The van der Waals surface area contributed by atoms with Crippen LogP contribution in [0.3, 0.4) is 0 Å². The van der Waals surface area contributed by atoms with E-state index in [-0.39, 0.29) is 17.5 Å². The summed E-state index contributed by atoms with van der Waals surface area (Å²) < 4.78 is 0. The summed E-state index contributed by atoms with van der Waals surface area (Å²) in [6, 6.07) is 9.80. The third-order valence-corrected chi connectivity index (χ3v) is 3.16. The Kier molecular flexibility index (Phi) is 4.52. The van der Waals surface area contributed by atoms with Gasteiger partial charge in [-0.3, -0.25) is 4.79 Å². The van der Waals surface area contributed by atoms with Crippen LogP contribution in [0.1, 0.15) is 41.6 Å². The lowest BCUT2D eigenvalue weighted by Gasteiger charge is -2.18. The van der Waals surface area contributed by atoms with Gasteiger partial charge < -0.3 is 10.6 Å². The van der Waals surface area contributed by atoms with E-state index in [1.54, 1.807) is 11.9 Å². The minimum Gasteiger partial charge on any atom is -0.396 e. The predicted octanol–water partition coefficient (Wildman–Crippen LogP) is 2.45. The summed E-state index contributed by atoms with van der Waals surface area (Å²) in [6.45, 7) is 4.47. The van der Waals surface area contributed by atoms with Crippen molar-refractivity contribution >= 4 is 11.6 Å². The fourth-order valence-electron chi connectivity index (χ4n) is 1.96. The maximum absolute atomic E-state index is 12.5. The summed E-state index contributed by atoms with van der Waals surface area (Å²) >= 11 is 0. The molecule has 2 aromatic rings. The highest BCUT2D eigenvalue weighted by Crippen LogP contribution is 2.16. The van der Waals surface area contributed by atoms with E-state index in [4.69, 9.17) is 5.73 Å². The van der Waals surface area contributed by atoms with E-state index < -0.39 is 0 Å². The number of nitrogens with zero attached hydrogens (tertiary/aromatic N) is 3. The number of amides is 1. The van der Waals surface area contributed by atoms with E-state index >= 15 is 0 Å². The maximum atomic E-state index is 12.5. The molecule has 0 spiro atoms. The van der Waals surface area contributed by atoms with Gasteiger partial charge >= 0.3 is 0 Å². The SMILES string of the molecule is CC(C)c1ncc(N)c(C(=O)N(C)Cc2ccccc2)n1. The number of rotatable bonds is 4. The van der Waals surface area contributed by atoms with Gasteiger partial charge in [-0.25, -0.2) is 9.97 Å². The fraction of sp³-hybridized carbons (Fsp3) is 0.312. The average Bonchev–Trinajstić information content (AvgIpc) is 2.47. The van der Waals surface area contributed by atoms with Crippen LogP contribution in [0.4, 0.5) is 5.69 Å². The van der Waals surface area contributed by atoms with Gasteiger partial charge in [0.1, 0.15) is 5.82 Å². The molecule has 0 atom stereocenters. The molecule has 2 N–H and O–H groups in total. The minimum atomic E-state index is -0.194. The number of benzene rings is 1. The number of hydrogen-bond donors (Lipinski definition) is 1. The average molecular weight is 284 g/mol. The van der Waals surface area contributed by atoms with E-state index in [2.05, 4.69) is 9.97 Å². The Balaban J connectivity index is 2.21. The van der Waals surface area contributed by atoms with E-state index in [1.807, 2.05) is 44.2 Å². The molecule has 1 aromatic heterocycles. The van der Waals surface area contributed by atoms with Gasteiger partial charge in [-0.2, -0.15) is 0 Å². The van der Waals surface area contributed by atoms with Gasteiger partial charge in [0, 0.05) is 19.5 Å². The zero-order chi connectivity index (χ0) is 15.4. The van der Waals surface area contributed by atoms with Crippen LogP contribution in [0.25, 0.3) is 0 Å². The second kappa shape index (κ2) is 6.35. The third kappa shape index (κ3) is 3.56. The largest absolute Gasteiger partial charge is 0.396 e. The minimum absolute atomic E-state index is 0.150. The van der Waals surface area contributed by atoms with Crippen molar-refractivity contribution in [1.29, 1.82) is 0 Å². The molecule has 1 aromatic carbocycles. The molecule has 2 rings (SSSR count). The summed E-state index contributed by atoms with van der Waals surface area (Å²) in [4.78, 5) is 22.6. The Labute approximate surface area is 124 Å². The number of nitrogen functional groups attached to an aromatic ring is 1. The lowest BCUT2D eigenvalue weighted by Crippen LogP contribution is -2.28. The number of nitrogens with two attached hydrogens (primary N) is 1. The third-order valence-electron chi connectivity index (χ3n) is 3.16. The number of anilines is 1. The zero-order valence-electron chi connectivity index (χ0n) is 12.6. The van der Waals surface area contributed by atoms with Crippen molar-refractivity contribution in [3.05, 3.63) is 53.6 Å². The first-order chi connectivity index (χ1) is 9.99. The molecule has 0 bridgehead atoms. The second-order valence-electron chi connectivity index (χ2n) is 5.33. The molecular weight excluding hydrogens is 264 g/mol. The van der Waals surface area contributed by atoms with Crippen LogP contribution in [0.15, 0.2) is 36.5 Å². The van der Waals surface area contributed by atoms with Gasteiger partial charge in [0.05, 0.1) is 11.9 Å². The lowest BCUT2D eigenvalue weighted by molar-refractivity contribution is 0.0780. The number of carbonyl (C=O) groups is 1. The fourth-order valence-corrected chi connectivity index (χ4v) is 1.96. The van der Waals surface area contributed by atoms with Crippen LogP contribution in [-0.4, -0.2) is 27.8 Å². The topological polar surface area (TPSA) is 72.1 Å². The Bertz CT molecular complexity index is 625. The van der Waals surface area contributed by atoms with Crippen molar-refractivity contribution in [2.75, 3.05) is 12.8 Å². The molecule has 0 fully saturated rings. The zero-order valence-corrected chi connectivity index (χ0v) is 12.6. The molecule has 5 nitrogen and oxygen atoms in total. The summed E-state index contributed by atoms with van der Waals surface area (Å²) in [5.74, 6) is 0.581. The monoisotopic (exact) mass is 284 g/mol. The van der Waals surface area contributed by atoms with Crippen molar-refractivity contribution < 1.29 is 4.79 Å². The van der Waals surface area contributed by atoms with E-state index in [1.165, 1.54) is 6.20 Å². The van der Waals surface area contributed by atoms with Gasteiger partial charge in [-0.05, 0) is 5.56 Å². The standard InChI is InChI=1S/C16H20N4O/c1-11(2)15-18-9-13(17)14(19-15)16(21)20(3)10-12-7-5-4-6-8-12/h4-9,11H,10,17H2,1-3H3. The van der Waals surface area contributed by atoms with Crippen LogP contribution in [-0.2, 0) is 6.54 Å². The first kappa shape index (κ1) is 15.0. The summed E-state index contributed by atoms with van der Waals surface area (Å²) in [6.07, 6.45) is 1.51. The number of hydrogen-bond acceptors (Lipinski definition) is 4. The number of aromatic nitrogens is 2. The van der Waals surface area contributed by atoms with Gasteiger partial charge in [0.25, 0.3) is 5.91 Å². The number of carbonyl (C=O) groups excluding carboxylic acids is 1. The Morgan fingerprint density at radius 1 is 1.29 bits per heavy atom. The summed E-state index contributed by atoms with van der Waals surface area (Å²) in [5, 5.41) is 0. The van der Waals surface area contributed by atoms with Crippen molar-refractivity contribution in [3.8, 4) is 0 Å². The molecular formula is C16H20N4O. The molecule has 5 heteroatoms. The molecule has 0 aliphatic rings. The Morgan fingerprint density at radius 3 is 2.57 bits per heavy atom. The van der Waals surface area contributed by atoms with Crippen LogP contribution in [0.2, 0.25) is 0 Å². The highest BCUT2D eigenvalue weighted by molar-refractivity contribution is 5.96. The molecule has 0 saturated heterocycles. The van der Waals surface area contributed by atoms with Crippen molar-refractivity contribution in [1.82, 2.24) is 14.9 Å². The normalized spacial score (nSPS) is 10.7.